The van der Waals surface area contributed by atoms with Crippen molar-refractivity contribution in [1.82, 2.24) is 20.0 Å². The molecule has 148 valence electrons. The first kappa shape index (κ1) is 21.5. The lowest BCUT2D eigenvalue weighted by Crippen LogP contribution is -2.48. The molecule has 0 bridgehead atoms. The van der Waals surface area contributed by atoms with Crippen molar-refractivity contribution in [2.75, 3.05) is 33.3 Å². The van der Waals surface area contributed by atoms with E-state index in [9.17, 15) is 8.78 Å². The van der Waals surface area contributed by atoms with Crippen LogP contribution in [0.2, 0.25) is 0 Å². The van der Waals surface area contributed by atoms with E-state index in [1.54, 1.807) is 11.7 Å². The van der Waals surface area contributed by atoms with Crippen LogP contribution in [0, 0.1) is 11.6 Å². The Morgan fingerprint density at radius 3 is 2.89 bits per heavy atom. The number of nitrogens with one attached hydrogen (secondary N) is 1. The maximum atomic E-state index is 13.7. The van der Waals surface area contributed by atoms with Crippen LogP contribution in [0.1, 0.15) is 17.2 Å². The van der Waals surface area contributed by atoms with Crippen molar-refractivity contribution in [2.45, 2.75) is 12.5 Å². The number of morpholine rings is 1. The second kappa shape index (κ2) is 9.98. The number of guanidine groups is 1. The molecule has 6 nitrogen and oxygen atoms in total. The molecule has 0 amide bonds. The van der Waals surface area contributed by atoms with Gasteiger partial charge in [-0.15, -0.1) is 24.0 Å². The predicted molar refractivity (Wildman–Crippen MR) is 110 cm³/mol. The molecule has 1 atom stereocenters. The third-order valence-electron chi connectivity index (χ3n) is 4.37. The molecule has 1 aromatic heterocycles. The molecule has 1 aromatic carbocycles. The number of rotatable bonds is 4. The quantitative estimate of drug-likeness (QED) is 0.406. The fourth-order valence-electron chi connectivity index (χ4n) is 3.02. The van der Waals surface area contributed by atoms with Gasteiger partial charge in [0.2, 0.25) is 0 Å². The lowest BCUT2D eigenvalue weighted by Gasteiger charge is -2.34. The Morgan fingerprint density at radius 2 is 2.22 bits per heavy atom. The van der Waals surface area contributed by atoms with Crippen molar-refractivity contribution < 1.29 is 13.5 Å². The Balaban J connectivity index is 0.00000261. The van der Waals surface area contributed by atoms with E-state index in [2.05, 4.69) is 20.3 Å². The third kappa shape index (κ3) is 5.61. The number of halogens is 3. The highest BCUT2D eigenvalue weighted by Crippen LogP contribution is 2.21. The minimum atomic E-state index is -0.565. The smallest absolute Gasteiger partial charge is 0.193 e. The van der Waals surface area contributed by atoms with Crippen molar-refractivity contribution in [1.29, 1.82) is 0 Å². The van der Waals surface area contributed by atoms with Crippen LogP contribution >= 0.6 is 24.0 Å². The van der Waals surface area contributed by atoms with E-state index in [-0.39, 0.29) is 30.1 Å². The van der Waals surface area contributed by atoms with E-state index in [1.165, 1.54) is 12.1 Å². The van der Waals surface area contributed by atoms with Crippen molar-refractivity contribution in [3.63, 3.8) is 0 Å². The summed E-state index contributed by atoms with van der Waals surface area (Å²) in [4.78, 5) is 6.43. The second-order valence-electron chi connectivity index (χ2n) is 6.21. The van der Waals surface area contributed by atoms with Crippen LogP contribution in [0.5, 0.6) is 0 Å². The molecule has 0 saturated carbocycles. The van der Waals surface area contributed by atoms with Crippen LogP contribution < -0.4 is 5.32 Å². The molecule has 2 heterocycles. The molecule has 9 heteroatoms. The summed E-state index contributed by atoms with van der Waals surface area (Å²) in [6, 6.07) is 3.65. The van der Waals surface area contributed by atoms with Gasteiger partial charge >= 0.3 is 0 Å². The average Bonchev–Trinajstić information content (AvgIpc) is 3.07. The number of benzene rings is 1. The SMILES string of the molecule is CN=C(NCCc1ccc(F)cc1F)N1CCOC(c2cnn(C)c2)C1.I. The molecule has 1 aliphatic heterocycles. The molecule has 0 aliphatic carbocycles. The number of aliphatic imine (C=N–C) groups is 1. The lowest BCUT2D eigenvalue weighted by atomic mass is 10.1. The highest BCUT2D eigenvalue weighted by atomic mass is 127. The molecule has 1 N–H and O–H groups in total. The number of hydrogen-bond acceptors (Lipinski definition) is 3. The van der Waals surface area contributed by atoms with E-state index < -0.39 is 11.6 Å². The fourth-order valence-corrected chi connectivity index (χ4v) is 3.02. The van der Waals surface area contributed by atoms with Gasteiger partial charge in [-0.3, -0.25) is 9.67 Å². The summed E-state index contributed by atoms with van der Waals surface area (Å²) < 4.78 is 34.3. The van der Waals surface area contributed by atoms with Gasteiger partial charge in [0.25, 0.3) is 0 Å². The molecule has 3 rings (SSSR count). The molecular weight excluding hydrogens is 467 g/mol. The highest BCUT2D eigenvalue weighted by molar-refractivity contribution is 14.0. The zero-order chi connectivity index (χ0) is 18.5. The molecular formula is C18H24F2IN5O. The number of hydrogen-bond donors (Lipinski definition) is 1. The van der Waals surface area contributed by atoms with Crippen LogP contribution in [0.3, 0.4) is 0 Å². The summed E-state index contributed by atoms with van der Waals surface area (Å²) in [5, 5.41) is 7.44. The fraction of sp³-hybridized carbons (Fsp3) is 0.444. The van der Waals surface area contributed by atoms with E-state index >= 15 is 0 Å². The summed E-state index contributed by atoms with van der Waals surface area (Å²) in [6.07, 6.45) is 4.13. The third-order valence-corrected chi connectivity index (χ3v) is 4.37. The summed E-state index contributed by atoms with van der Waals surface area (Å²) in [5.74, 6) is -0.348. The van der Waals surface area contributed by atoms with Crippen LogP contribution in [0.25, 0.3) is 0 Å². The van der Waals surface area contributed by atoms with Crippen LogP contribution in [-0.2, 0) is 18.2 Å². The van der Waals surface area contributed by atoms with Crippen LogP contribution in [0.15, 0.2) is 35.6 Å². The molecule has 0 radical (unpaired) electrons. The normalized spacial score (nSPS) is 17.6. The number of aromatic nitrogens is 2. The Hall–Kier alpha value is -1.75. The van der Waals surface area contributed by atoms with Gasteiger partial charge < -0.3 is 15.0 Å². The number of aryl methyl sites for hydroxylation is 1. The van der Waals surface area contributed by atoms with Gasteiger partial charge in [-0.05, 0) is 18.1 Å². The molecule has 1 saturated heterocycles. The van der Waals surface area contributed by atoms with Crippen LogP contribution in [0.4, 0.5) is 8.78 Å². The first-order chi connectivity index (χ1) is 12.6. The number of nitrogens with zero attached hydrogens (tertiary/aromatic N) is 4. The number of ether oxygens (including phenoxy) is 1. The van der Waals surface area contributed by atoms with Gasteiger partial charge in [0, 0.05) is 45.0 Å². The van der Waals surface area contributed by atoms with Gasteiger partial charge in [-0.25, -0.2) is 8.78 Å². The molecule has 1 unspecified atom stereocenters. The highest BCUT2D eigenvalue weighted by Gasteiger charge is 2.25. The standard InChI is InChI=1S/C18H23F2N5O.HI/c1-21-18(22-6-5-13-3-4-15(19)9-16(13)20)25-7-8-26-17(12-25)14-10-23-24(2)11-14;/h3-4,9-11,17H,5-8,12H2,1-2H3,(H,21,22);1H. The molecule has 2 aromatic rings. The van der Waals surface area contributed by atoms with Crippen molar-refractivity contribution >= 4 is 29.9 Å². The van der Waals surface area contributed by atoms with Gasteiger partial charge in [0.05, 0.1) is 19.3 Å². The second-order valence-corrected chi connectivity index (χ2v) is 6.21. The Kier molecular flexibility index (Phi) is 7.96. The summed E-state index contributed by atoms with van der Waals surface area (Å²) in [5.41, 5.74) is 1.51. The monoisotopic (exact) mass is 491 g/mol. The molecule has 0 spiro atoms. The van der Waals surface area contributed by atoms with Gasteiger partial charge in [0.15, 0.2) is 5.96 Å². The van der Waals surface area contributed by atoms with Crippen molar-refractivity contribution in [3.05, 3.63) is 53.4 Å². The average molecular weight is 491 g/mol. The Bertz CT molecular complexity index is 783. The zero-order valence-electron chi connectivity index (χ0n) is 15.4. The van der Waals surface area contributed by atoms with E-state index in [0.717, 1.165) is 24.1 Å². The molecule has 27 heavy (non-hydrogen) atoms. The summed E-state index contributed by atoms with van der Waals surface area (Å²) >= 11 is 0. The largest absolute Gasteiger partial charge is 0.370 e. The first-order valence-corrected chi connectivity index (χ1v) is 8.56. The Labute approximate surface area is 174 Å². The molecule has 1 fully saturated rings. The maximum Gasteiger partial charge on any atom is 0.193 e. The topological polar surface area (TPSA) is 54.7 Å². The van der Waals surface area contributed by atoms with Crippen molar-refractivity contribution in [3.8, 4) is 0 Å². The van der Waals surface area contributed by atoms with Gasteiger partial charge in [-0.2, -0.15) is 5.10 Å². The minimum Gasteiger partial charge on any atom is -0.370 e. The van der Waals surface area contributed by atoms with E-state index in [4.69, 9.17) is 4.74 Å². The first-order valence-electron chi connectivity index (χ1n) is 8.56. The van der Waals surface area contributed by atoms with Crippen LogP contribution in [-0.4, -0.2) is 53.9 Å². The summed E-state index contributed by atoms with van der Waals surface area (Å²) in [6.45, 7) is 2.48. The summed E-state index contributed by atoms with van der Waals surface area (Å²) in [7, 11) is 3.59. The van der Waals surface area contributed by atoms with E-state index in [0.29, 0.717) is 31.7 Å². The van der Waals surface area contributed by atoms with Gasteiger partial charge in [0.1, 0.15) is 17.7 Å². The zero-order valence-corrected chi connectivity index (χ0v) is 17.7. The Morgan fingerprint density at radius 1 is 1.41 bits per heavy atom. The predicted octanol–water partition coefficient (Wildman–Crippen LogP) is 2.51. The molecule has 1 aliphatic rings. The lowest BCUT2D eigenvalue weighted by molar-refractivity contribution is -0.00800. The van der Waals surface area contributed by atoms with E-state index in [1.807, 2.05) is 19.4 Å². The van der Waals surface area contributed by atoms with Gasteiger partial charge in [-0.1, -0.05) is 6.07 Å². The van der Waals surface area contributed by atoms with Crippen molar-refractivity contribution in [2.24, 2.45) is 12.0 Å². The maximum absolute atomic E-state index is 13.7. The minimum absolute atomic E-state index is 0.